The second-order valence-corrected chi connectivity index (χ2v) is 7.22. The second-order valence-electron chi connectivity index (χ2n) is 7.22. The van der Waals surface area contributed by atoms with Crippen molar-refractivity contribution in [2.24, 2.45) is 4.99 Å². The number of anilines is 1. The average molecular weight is 508 g/mol. The van der Waals surface area contributed by atoms with E-state index < -0.39 is 0 Å². The predicted molar refractivity (Wildman–Crippen MR) is 133 cm³/mol. The van der Waals surface area contributed by atoms with E-state index in [-0.39, 0.29) is 30.0 Å². The molecule has 1 heterocycles. The lowest BCUT2D eigenvalue weighted by atomic mass is 10.1. The van der Waals surface area contributed by atoms with Crippen molar-refractivity contribution in [1.82, 2.24) is 10.6 Å². The van der Waals surface area contributed by atoms with E-state index in [1.54, 1.807) is 7.11 Å². The Morgan fingerprint density at radius 3 is 2.62 bits per heavy atom. The van der Waals surface area contributed by atoms with Crippen molar-refractivity contribution >= 4 is 35.6 Å². The molecular weight excluding hydrogens is 475 g/mol. The van der Waals surface area contributed by atoms with Crippen LogP contribution in [0.15, 0.2) is 53.5 Å². The number of benzene rings is 2. The van der Waals surface area contributed by atoms with Crippen molar-refractivity contribution in [3.8, 4) is 5.75 Å². The van der Waals surface area contributed by atoms with E-state index >= 15 is 0 Å². The quantitative estimate of drug-likeness (QED) is 0.331. The monoisotopic (exact) mass is 508 g/mol. The minimum atomic E-state index is 0. The Hall–Kier alpha value is -1.96. The van der Waals surface area contributed by atoms with Crippen LogP contribution in [0.3, 0.4) is 0 Å². The summed E-state index contributed by atoms with van der Waals surface area (Å²) in [5, 5.41) is 6.92. The fourth-order valence-corrected chi connectivity index (χ4v) is 3.67. The molecule has 0 amide bonds. The Labute approximate surface area is 192 Å². The van der Waals surface area contributed by atoms with Gasteiger partial charge in [0.25, 0.3) is 0 Å². The maximum Gasteiger partial charge on any atom is 0.191 e. The molecule has 1 saturated heterocycles. The van der Waals surface area contributed by atoms with E-state index in [1.165, 1.54) is 29.7 Å². The molecule has 1 aliphatic heterocycles. The maximum absolute atomic E-state index is 5.43. The summed E-state index contributed by atoms with van der Waals surface area (Å²) in [6.07, 6.45) is 3.46. The van der Waals surface area contributed by atoms with Gasteiger partial charge in [-0.2, -0.15) is 0 Å². The molecule has 5 nitrogen and oxygen atoms in total. The van der Waals surface area contributed by atoms with E-state index in [2.05, 4.69) is 57.8 Å². The van der Waals surface area contributed by atoms with Gasteiger partial charge in [-0.1, -0.05) is 30.3 Å². The Morgan fingerprint density at radius 2 is 1.90 bits per heavy atom. The van der Waals surface area contributed by atoms with Crippen molar-refractivity contribution in [2.75, 3.05) is 38.7 Å². The third-order valence-electron chi connectivity index (χ3n) is 5.30. The molecule has 0 aromatic heterocycles. The first-order chi connectivity index (χ1) is 13.7. The van der Waals surface area contributed by atoms with Crippen molar-refractivity contribution in [3.05, 3.63) is 59.7 Å². The molecule has 29 heavy (non-hydrogen) atoms. The summed E-state index contributed by atoms with van der Waals surface area (Å²) in [6, 6.07) is 17.2. The number of methoxy groups -OCH3 is 1. The normalized spacial score (nSPS) is 14.9. The molecule has 1 atom stereocenters. The number of nitrogens with one attached hydrogen (secondary N) is 2. The van der Waals surface area contributed by atoms with Crippen LogP contribution in [0.2, 0.25) is 0 Å². The van der Waals surface area contributed by atoms with Crippen LogP contribution in [0.5, 0.6) is 5.75 Å². The summed E-state index contributed by atoms with van der Waals surface area (Å²) in [5.74, 6) is 1.74. The van der Waals surface area contributed by atoms with Crippen LogP contribution in [-0.4, -0.2) is 39.8 Å². The molecule has 0 spiro atoms. The molecular formula is C23H33IN4O. The molecule has 0 bridgehead atoms. The molecule has 6 heteroatoms. The van der Waals surface area contributed by atoms with Gasteiger partial charge in [-0.3, -0.25) is 4.99 Å². The molecule has 1 unspecified atom stereocenters. The lowest BCUT2D eigenvalue weighted by molar-refractivity contribution is 0.409. The van der Waals surface area contributed by atoms with Crippen LogP contribution in [0.25, 0.3) is 0 Å². The Kier molecular flexibility index (Phi) is 9.57. The van der Waals surface area contributed by atoms with Crippen molar-refractivity contribution in [3.63, 3.8) is 0 Å². The first-order valence-corrected chi connectivity index (χ1v) is 10.1. The Bertz CT molecular complexity index is 790. The summed E-state index contributed by atoms with van der Waals surface area (Å²) in [6.45, 7) is 5.30. The zero-order valence-electron chi connectivity index (χ0n) is 17.6. The largest absolute Gasteiger partial charge is 0.496 e. The third-order valence-corrected chi connectivity index (χ3v) is 5.30. The number of guanidine groups is 1. The van der Waals surface area contributed by atoms with Crippen LogP contribution >= 0.6 is 24.0 Å². The Balaban J connectivity index is 0.00000300. The van der Waals surface area contributed by atoms with Gasteiger partial charge in [0.05, 0.1) is 13.2 Å². The van der Waals surface area contributed by atoms with Crippen LogP contribution in [0, 0.1) is 0 Å². The smallest absolute Gasteiger partial charge is 0.191 e. The van der Waals surface area contributed by atoms with E-state index in [0.717, 1.165) is 37.8 Å². The standard InChI is InChI=1S/C23H32N4O.HI/c1-18(20-10-8-11-21(17-20)27-15-6-7-16-27)26-23(24-2)25-14-13-19-9-4-5-12-22(19)28-3;/h4-5,8-12,17-18H,6-7,13-16H2,1-3H3,(H2,24,25,26);1H. The Morgan fingerprint density at radius 1 is 1.14 bits per heavy atom. The third kappa shape index (κ3) is 6.52. The number of aliphatic imine (C=N–C) groups is 1. The maximum atomic E-state index is 5.43. The highest BCUT2D eigenvalue weighted by atomic mass is 127. The predicted octanol–water partition coefficient (Wildman–Crippen LogP) is 4.38. The minimum Gasteiger partial charge on any atom is -0.496 e. The zero-order valence-corrected chi connectivity index (χ0v) is 20.0. The van der Waals surface area contributed by atoms with Gasteiger partial charge in [0.15, 0.2) is 5.96 Å². The highest BCUT2D eigenvalue weighted by Gasteiger charge is 2.14. The van der Waals surface area contributed by atoms with Gasteiger partial charge < -0.3 is 20.3 Å². The number of para-hydroxylation sites is 1. The van der Waals surface area contributed by atoms with Gasteiger partial charge in [-0.15, -0.1) is 24.0 Å². The SMILES string of the molecule is CN=C(NCCc1ccccc1OC)NC(C)c1cccc(N2CCCC2)c1.I. The van der Waals surface area contributed by atoms with Gasteiger partial charge in [-0.05, 0) is 55.5 Å². The van der Waals surface area contributed by atoms with Crippen LogP contribution in [0.1, 0.15) is 36.9 Å². The first kappa shape index (κ1) is 23.3. The van der Waals surface area contributed by atoms with E-state index in [4.69, 9.17) is 4.74 Å². The van der Waals surface area contributed by atoms with E-state index in [1.807, 2.05) is 25.2 Å². The number of hydrogen-bond acceptors (Lipinski definition) is 3. The number of halogens is 1. The zero-order chi connectivity index (χ0) is 19.8. The molecule has 3 rings (SSSR count). The topological polar surface area (TPSA) is 48.9 Å². The number of rotatable bonds is 7. The lowest BCUT2D eigenvalue weighted by Gasteiger charge is -2.22. The first-order valence-electron chi connectivity index (χ1n) is 10.1. The average Bonchev–Trinajstić information content (AvgIpc) is 3.28. The summed E-state index contributed by atoms with van der Waals surface area (Å²) in [4.78, 5) is 6.85. The summed E-state index contributed by atoms with van der Waals surface area (Å²) in [7, 11) is 3.52. The fraction of sp³-hybridized carbons (Fsp3) is 0.435. The number of hydrogen-bond donors (Lipinski definition) is 2. The van der Waals surface area contributed by atoms with Crippen LogP contribution < -0.4 is 20.3 Å². The van der Waals surface area contributed by atoms with Crippen LogP contribution in [-0.2, 0) is 6.42 Å². The molecule has 0 aliphatic carbocycles. The van der Waals surface area contributed by atoms with E-state index in [9.17, 15) is 0 Å². The minimum absolute atomic E-state index is 0. The van der Waals surface area contributed by atoms with Gasteiger partial charge in [0.2, 0.25) is 0 Å². The van der Waals surface area contributed by atoms with Crippen LogP contribution in [0.4, 0.5) is 5.69 Å². The van der Waals surface area contributed by atoms with Crippen molar-refractivity contribution < 1.29 is 4.74 Å². The highest BCUT2D eigenvalue weighted by Crippen LogP contribution is 2.24. The fourth-order valence-electron chi connectivity index (χ4n) is 3.67. The number of nitrogens with zero attached hydrogens (tertiary/aromatic N) is 2. The molecule has 0 saturated carbocycles. The van der Waals surface area contributed by atoms with Gasteiger partial charge in [0.1, 0.15) is 5.75 Å². The van der Waals surface area contributed by atoms with E-state index in [0.29, 0.717) is 0 Å². The summed E-state index contributed by atoms with van der Waals surface area (Å²) < 4.78 is 5.43. The molecule has 2 aromatic carbocycles. The lowest BCUT2D eigenvalue weighted by Crippen LogP contribution is -2.39. The molecule has 1 fully saturated rings. The summed E-state index contributed by atoms with van der Waals surface area (Å²) in [5.41, 5.74) is 3.79. The van der Waals surface area contributed by atoms with Gasteiger partial charge in [0, 0.05) is 32.4 Å². The van der Waals surface area contributed by atoms with Crippen molar-refractivity contribution in [1.29, 1.82) is 0 Å². The number of ether oxygens (including phenoxy) is 1. The highest BCUT2D eigenvalue weighted by molar-refractivity contribution is 14.0. The molecule has 2 aromatic rings. The molecule has 2 N–H and O–H groups in total. The van der Waals surface area contributed by atoms with Crippen molar-refractivity contribution in [2.45, 2.75) is 32.2 Å². The molecule has 0 radical (unpaired) electrons. The van der Waals surface area contributed by atoms with Gasteiger partial charge in [-0.25, -0.2) is 0 Å². The summed E-state index contributed by atoms with van der Waals surface area (Å²) >= 11 is 0. The molecule has 158 valence electrons. The molecule has 1 aliphatic rings. The second kappa shape index (κ2) is 11.9. The van der Waals surface area contributed by atoms with Gasteiger partial charge >= 0.3 is 0 Å².